The number of aromatic nitrogens is 2. The first kappa shape index (κ1) is 23.2. The third-order valence-corrected chi connectivity index (χ3v) is 6.95. The zero-order chi connectivity index (χ0) is 24.4. The van der Waals surface area contributed by atoms with Gasteiger partial charge in [-0.25, -0.2) is 0 Å². The normalized spacial score (nSPS) is 14.4. The molecule has 0 unspecified atom stereocenters. The maximum atomic E-state index is 12.4. The highest BCUT2D eigenvalue weighted by Gasteiger charge is 2.18. The van der Waals surface area contributed by atoms with Crippen LogP contribution in [0.3, 0.4) is 0 Å². The van der Waals surface area contributed by atoms with E-state index in [4.69, 9.17) is 9.47 Å². The van der Waals surface area contributed by atoms with Crippen LogP contribution >= 0.6 is 0 Å². The van der Waals surface area contributed by atoms with Crippen LogP contribution in [0.15, 0.2) is 48.7 Å². The van der Waals surface area contributed by atoms with E-state index < -0.39 is 0 Å². The maximum Gasteiger partial charge on any atom is 0.253 e. The minimum absolute atomic E-state index is 0.0872. The second-order valence-electron chi connectivity index (χ2n) is 9.12. The molecule has 3 heterocycles. The van der Waals surface area contributed by atoms with Gasteiger partial charge >= 0.3 is 0 Å². The van der Waals surface area contributed by atoms with Crippen molar-refractivity contribution in [1.29, 1.82) is 0 Å². The molecule has 2 aromatic carbocycles. The summed E-state index contributed by atoms with van der Waals surface area (Å²) in [5.41, 5.74) is 3.38. The van der Waals surface area contributed by atoms with Crippen molar-refractivity contribution in [2.75, 3.05) is 33.3 Å². The van der Waals surface area contributed by atoms with E-state index in [9.17, 15) is 4.79 Å². The van der Waals surface area contributed by atoms with Crippen LogP contribution < -0.4 is 14.8 Å². The molecule has 0 bridgehead atoms. The standard InChI is InChI=1S/C28H32N4O3/c1-19-27(28(33)29-2)23-10-8-21(18-25(23)31(19)3)35-26-11-12-30-24-17-20(7-9-22(24)26)34-16-15-32-13-5-4-6-14-32/h7-12,17-18H,4-6,13-16H2,1-3H3,(H,29,33). The zero-order valence-electron chi connectivity index (χ0n) is 20.6. The van der Waals surface area contributed by atoms with E-state index >= 15 is 0 Å². The lowest BCUT2D eigenvalue weighted by atomic mass is 10.1. The minimum Gasteiger partial charge on any atom is -0.492 e. The van der Waals surface area contributed by atoms with Crippen LogP contribution in [-0.2, 0) is 7.05 Å². The predicted molar refractivity (Wildman–Crippen MR) is 139 cm³/mol. The highest BCUT2D eigenvalue weighted by molar-refractivity contribution is 6.08. The van der Waals surface area contributed by atoms with Crippen molar-refractivity contribution in [3.8, 4) is 17.2 Å². The number of rotatable bonds is 7. The van der Waals surface area contributed by atoms with Crippen LogP contribution in [-0.4, -0.2) is 53.6 Å². The quantitative estimate of drug-likeness (QED) is 0.408. The van der Waals surface area contributed by atoms with Crippen molar-refractivity contribution in [2.24, 2.45) is 7.05 Å². The summed E-state index contributed by atoms with van der Waals surface area (Å²) in [7, 11) is 3.61. The molecule has 0 aliphatic carbocycles. The number of carbonyl (C=O) groups is 1. The number of hydrogen-bond acceptors (Lipinski definition) is 5. The number of nitrogens with one attached hydrogen (secondary N) is 1. The molecule has 7 nitrogen and oxygen atoms in total. The molecule has 0 atom stereocenters. The van der Waals surface area contributed by atoms with E-state index in [0.29, 0.717) is 17.9 Å². The number of piperidine rings is 1. The van der Waals surface area contributed by atoms with Crippen LogP contribution in [0.4, 0.5) is 0 Å². The van der Waals surface area contributed by atoms with Crippen LogP contribution in [0.5, 0.6) is 17.2 Å². The molecule has 1 N–H and O–H groups in total. The molecular formula is C28H32N4O3. The number of aryl methyl sites for hydroxylation is 1. The van der Waals surface area contributed by atoms with Gasteiger partial charge in [0.25, 0.3) is 5.91 Å². The van der Waals surface area contributed by atoms with E-state index in [0.717, 1.165) is 45.5 Å². The lowest BCUT2D eigenvalue weighted by Gasteiger charge is -2.26. The number of hydrogen-bond donors (Lipinski definition) is 1. The summed E-state index contributed by atoms with van der Waals surface area (Å²) in [5.74, 6) is 2.17. The van der Waals surface area contributed by atoms with Crippen molar-refractivity contribution in [2.45, 2.75) is 26.2 Å². The van der Waals surface area contributed by atoms with Crippen molar-refractivity contribution in [3.05, 3.63) is 59.9 Å². The number of pyridine rings is 1. The molecular weight excluding hydrogens is 440 g/mol. The Labute approximate surface area is 205 Å². The Bertz CT molecular complexity index is 1370. The molecule has 1 fully saturated rings. The van der Waals surface area contributed by atoms with Gasteiger partial charge in [0.05, 0.1) is 16.6 Å². The van der Waals surface area contributed by atoms with Crippen LogP contribution in [0.25, 0.3) is 21.8 Å². The third kappa shape index (κ3) is 4.68. The summed E-state index contributed by atoms with van der Waals surface area (Å²) >= 11 is 0. The number of likely N-dealkylation sites (tertiary alicyclic amines) is 1. The molecule has 1 amide bonds. The summed E-state index contributed by atoms with van der Waals surface area (Å²) in [5, 5.41) is 4.56. The average Bonchev–Trinajstić information content (AvgIpc) is 3.13. The summed E-state index contributed by atoms with van der Waals surface area (Å²) in [4.78, 5) is 19.4. The molecule has 0 saturated carbocycles. The smallest absolute Gasteiger partial charge is 0.253 e. The average molecular weight is 473 g/mol. The van der Waals surface area contributed by atoms with E-state index in [1.54, 1.807) is 13.2 Å². The maximum absolute atomic E-state index is 12.4. The highest BCUT2D eigenvalue weighted by Crippen LogP contribution is 2.34. The number of ether oxygens (including phenoxy) is 2. The van der Waals surface area contributed by atoms with Crippen LogP contribution in [0.2, 0.25) is 0 Å². The van der Waals surface area contributed by atoms with E-state index in [-0.39, 0.29) is 5.91 Å². The first-order valence-electron chi connectivity index (χ1n) is 12.3. The lowest BCUT2D eigenvalue weighted by molar-refractivity contribution is 0.0964. The molecule has 2 aromatic heterocycles. The molecule has 1 aliphatic heterocycles. The van der Waals surface area contributed by atoms with E-state index in [1.165, 1.54) is 32.4 Å². The third-order valence-electron chi connectivity index (χ3n) is 6.95. The topological polar surface area (TPSA) is 68.6 Å². The summed E-state index contributed by atoms with van der Waals surface area (Å²) in [6.07, 6.45) is 5.67. The number of benzene rings is 2. The molecule has 0 spiro atoms. The Morgan fingerprint density at radius 2 is 1.80 bits per heavy atom. The largest absolute Gasteiger partial charge is 0.492 e. The zero-order valence-corrected chi connectivity index (χ0v) is 20.6. The Morgan fingerprint density at radius 1 is 1.03 bits per heavy atom. The van der Waals surface area contributed by atoms with Gasteiger partial charge in [0.1, 0.15) is 23.9 Å². The molecule has 5 rings (SSSR count). The Morgan fingerprint density at radius 3 is 2.60 bits per heavy atom. The highest BCUT2D eigenvalue weighted by atomic mass is 16.5. The number of fused-ring (bicyclic) bond motifs is 2. The molecule has 0 radical (unpaired) electrons. The van der Waals surface area contributed by atoms with E-state index in [2.05, 4.69) is 15.2 Å². The van der Waals surface area contributed by atoms with Gasteiger partial charge in [-0.15, -0.1) is 0 Å². The molecule has 4 aromatic rings. The Kier molecular flexibility index (Phi) is 6.59. The van der Waals surface area contributed by atoms with Gasteiger partial charge < -0.3 is 19.4 Å². The van der Waals surface area contributed by atoms with Gasteiger partial charge in [-0.2, -0.15) is 0 Å². The van der Waals surface area contributed by atoms with Gasteiger partial charge in [-0.3, -0.25) is 14.7 Å². The van der Waals surface area contributed by atoms with Gasteiger partial charge in [0, 0.05) is 55.4 Å². The fourth-order valence-corrected chi connectivity index (χ4v) is 4.90. The number of amides is 1. The fourth-order valence-electron chi connectivity index (χ4n) is 4.90. The molecule has 1 aliphatic rings. The molecule has 182 valence electrons. The summed E-state index contributed by atoms with van der Waals surface area (Å²) in [6.45, 7) is 5.93. The number of nitrogens with zero attached hydrogens (tertiary/aromatic N) is 3. The second kappa shape index (κ2) is 9.96. The predicted octanol–water partition coefficient (Wildman–Crippen LogP) is 5.05. The SMILES string of the molecule is CNC(=O)c1c(C)n(C)c2cc(Oc3ccnc4cc(OCCN5CCCCC5)ccc34)ccc12. The number of carbonyl (C=O) groups excluding carboxylic acids is 1. The van der Waals surface area contributed by atoms with Gasteiger partial charge in [-0.05, 0) is 63.2 Å². The first-order chi connectivity index (χ1) is 17.0. The second-order valence-corrected chi connectivity index (χ2v) is 9.12. The molecule has 1 saturated heterocycles. The molecule has 7 heteroatoms. The summed E-state index contributed by atoms with van der Waals surface area (Å²) < 4.78 is 14.3. The first-order valence-corrected chi connectivity index (χ1v) is 12.3. The van der Waals surface area contributed by atoms with Crippen molar-refractivity contribution >= 4 is 27.7 Å². The van der Waals surface area contributed by atoms with E-state index in [1.807, 2.05) is 61.0 Å². The molecule has 35 heavy (non-hydrogen) atoms. The monoisotopic (exact) mass is 472 g/mol. The van der Waals surface area contributed by atoms with Crippen molar-refractivity contribution in [3.63, 3.8) is 0 Å². The van der Waals surface area contributed by atoms with Gasteiger partial charge in [0.15, 0.2) is 0 Å². The van der Waals surface area contributed by atoms with Crippen LogP contribution in [0, 0.1) is 6.92 Å². The summed E-state index contributed by atoms with van der Waals surface area (Å²) in [6, 6.07) is 13.6. The Balaban J connectivity index is 1.35. The fraction of sp³-hybridized carbons (Fsp3) is 0.357. The van der Waals surface area contributed by atoms with Gasteiger partial charge in [0.2, 0.25) is 0 Å². The van der Waals surface area contributed by atoms with Crippen molar-refractivity contribution in [1.82, 2.24) is 19.8 Å². The van der Waals surface area contributed by atoms with Crippen molar-refractivity contribution < 1.29 is 14.3 Å². The Hall–Kier alpha value is -3.58. The van der Waals surface area contributed by atoms with Crippen LogP contribution in [0.1, 0.15) is 35.3 Å². The van der Waals surface area contributed by atoms with Gasteiger partial charge in [-0.1, -0.05) is 6.42 Å². The minimum atomic E-state index is -0.0872. The lowest BCUT2D eigenvalue weighted by Crippen LogP contribution is -2.33.